The van der Waals surface area contributed by atoms with E-state index in [9.17, 15) is 4.79 Å². The molecule has 1 aliphatic heterocycles. The zero-order chi connectivity index (χ0) is 13.1. The first-order valence-electron chi connectivity index (χ1n) is 6.06. The van der Waals surface area contributed by atoms with Crippen molar-refractivity contribution in [3.63, 3.8) is 0 Å². The number of rotatable bonds is 3. The fourth-order valence-corrected chi connectivity index (χ4v) is 2.55. The van der Waals surface area contributed by atoms with Gasteiger partial charge in [-0.1, -0.05) is 23.7 Å². The summed E-state index contributed by atoms with van der Waals surface area (Å²) in [4.78, 5) is 14.0. The van der Waals surface area contributed by atoms with Crippen LogP contribution in [0.25, 0.3) is 0 Å². The van der Waals surface area contributed by atoms with Gasteiger partial charge in [0.2, 0.25) is 5.91 Å². The van der Waals surface area contributed by atoms with Crippen molar-refractivity contribution in [1.82, 2.24) is 5.32 Å². The van der Waals surface area contributed by atoms with Crippen molar-refractivity contribution in [2.75, 3.05) is 18.1 Å². The average Bonchev–Trinajstić information content (AvgIpc) is 2.33. The zero-order valence-electron chi connectivity index (χ0n) is 10.3. The fourth-order valence-electron chi connectivity index (χ4n) is 2.31. The first-order valence-corrected chi connectivity index (χ1v) is 6.43. The highest BCUT2D eigenvalue weighted by Gasteiger charge is 2.33. The van der Waals surface area contributed by atoms with E-state index in [-0.39, 0.29) is 24.6 Å². The summed E-state index contributed by atoms with van der Waals surface area (Å²) in [5.74, 6) is -0.0530. The quantitative estimate of drug-likeness (QED) is 0.872. The summed E-state index contributed by atoms with van der Waals surface area (Å²) in [6.07, 6.45) is 0.407. The Labute approximate surface area is 112 Å². The molecule has 2 N–H and O–H groups in total. The van der Waals surface area contributed by atoms with Gasteiger partial charge in [0.1, 0.15) is 6.04 Å². The van der Waals surface area contributed by atoms with E-state index in [0.717, 1.165) is 5.69 Å². The molecule has 4 nitrogen and oxygen atoms in total. The van der Waals surface area contributed by atoms with Crippen LogP contribution in [0.1, 0.15) is 13.3 Å². The molecule has 0 saturated carbocycles. The number of amides is 1. The molecule has 0 radical (unpaired) electrons. The molecule has 0 aromatic heterocycles. The maximum absolute atomic E-state index is 12.0. The van der Waals surface area contributed by atoms with Crippen molar-refractivity contribution in [2.24, 2.45) is 0 Å². The molecular weight excluding hydrogens is 252 g/mol. The van der Waals surface area contributed by atoms with Crippen molar-refractivity contribution in [2.45, 2.75) is 25.4 Å². The SMILES string of the molecule is CC1CN(c2ccccc2Cl)C(CCO)C(=O)N1. The van der Waals surface area contributed by atoms with E-state index in [2.05, 4.69) is 5.32 Å². The molecule has 1 fully saturated rings. The number of aliphatic hydroxyl groups excluding tert-OH is 1. The number of hydrogen-bond acceptors (Lipinski definition) is 3. The zero-order valence-corrected chi connectivity index (χ0v) is 11.0. The highest BCUT2D eigenvalue weighted by molar-refractivity contribution is 6.33. The molecule has 18 heavy (non-hydrogen) atoms. The lowest BCUT2D eigenvalue weighted by Crippen LogP contribution is -2.59. The van der Waals surface area contributed by atoms with Crippen LogP contribution in [0, 0.1) is 0 Å². The molecule has 1 aliphatic rings. The van der Waals surface area contributed by atoms with Crippen molar-refractivity contribution in [1.29, 1.82) is 0 Å². The van der Waals surface area contributed by atoms with Gasteiger partial charge in [-0.25, -0.2) is 0 Å². The summed E-state index contributed by atoms with van der Waals surface area (Å²) < 4.78 is 0. The maximum atomic E-state index is 12.0. The van der Waals surface area contributed by atoms with Crippen LogP contribution in [0.5, 0.6) is 0 Å². The molecule has 0 spiro atoms. The van der Waals surface area contributed by atoms with Gasteiger partial charge in [-0.2, -0.15) is 0 Å². The number of hydrogen-bond donors (Lipinski definition) is 2. The number of nitrogens with one attached hydrogen (secondary N) is 1. The molecule has 5 heteroatoms. The number of benzene rings is 1. The normalized spacial score (nSPS) is 23.9. The molecule has 2 rings (SSSR count). The van der Waals surface area contributed by atoms with Gasteiger partial charge in [-0.15, -0.1) is 0 Å². The van der Waals surface area contributed by atoms with Gasteiger partial charge >= 0.3 is 0 Å². The Balaban J connectivity index is 2.32. The topological polar surface area (TPSA) is 52.6 Å². The third-order valence-corrected chi connectivity index (χ3v) is 3.42. The third-order valence-electron chi connectivity index (χ3n) is 3.10. The second kappa shape index (κ2) is 5.59. The highest BCUT2D eigenvalue weighted by Crippen LogP contribution is 2.29. The van der Waals surface area contributed by atoms with E-state index >= 15 is 0 Å². The van der Waals surface area contributed by atoms with Crippen molar-refractivity contribution in [3.8, 4) is 0 Å². The van der Waals surface area contributed by atoms with Crippen LogP contribution < -0.4 is 10.2 Å². The van der Waals surface area contributed by atoms with Crippen LogP contribution in [0.15, 0.2) is 24.3 Å². The molecule has 1 aromatic rings. The van der Waals surface area contributed by atoms with E-state index < -0.39 is 0 Å². The van der Waals surface area contributed by atoms with Crippen molar-refractivity contribution < 1.29 is 9.90 Å². The van der Waals surface area contributed by atoms with E-state index in [1.165, 1.54) is 0 Å². The Kier molecular flexibility index (Phi) is 4.09. The summed E-state index contributed by atoms with van der Waals surface area (Å²) in [5.41, 5.74) is 0.847. The number of halogens is 1. The smallest absolute Gasteiger partial charge is 0.243 e. The summed E-state index contributed by atoms with van der Waals surface area (Å²) >= 11 is 6.18. The monoisotopic (exact) mass is 268 g/mol. The van der Waals surface area contributed by atoms with E-state index in [0.29, 0.717) is 18.0 Å². The molecule has 0 aliphatic carbocycles. The molecule has 1 saturated heterocycles. The highest BCUT2D eigenvalue weighted by atomic mass is 35.5. The molecule has 1 heterocycles. The molecule has 98 valence electrons. The first-order chi connectivity index (χ1) is 8.63. The Morgan fingerprint density at radius 2 is 2.22 bits per heavy atom. The molecule has 2 unspecified atom stereocenters. The predicted molar refractivity (Wildman–Crippen MR) is 71.9 cm³/mol. The second-order valence-corrected chi connectivity index (χ2v) is 4.95. The van der Waals surface area contributed by atoms with Crippen LogP contribution in [0.3, 0.4) is 0 Å². The number of piperazine rings is 1. The molecule has 2 atom stereocenters. The lowest BCUT2D eigenvalue weighted by Gasteiger charge is -2.40. The number of anilines is 1. The number of para-hydroxylation sites is 1. The standard InChI is InChI=1S/C13H17ClN2O2/c1-9-8-16(11-5-3-2-4-10(11)14)12(6-7-17)13(18)15-9/h2-5,9,12,17H,6-8H2,1H3,(H,15,18). The first kappa shape index (κ1) is 13.2. The van der Waals surface area contributed by atoms with Crippen LogP contribution in [0.2, 0.25) is 5.02 Å². The minimum Gasteiger partial charge on any atom is -0.396 e. The van der Waals surface area contributed by atoms with Gasteiger partial charge in [0, 0.05) is 19.2 Å². The van der Waals surface area contributed by atoms with Crippen LogP contribution >= 0.6 is 11.6 Å². The van der Waals surface area contributed by atoms with Crippen molar-refractivity contribution >= 4 is 23.2 Å². The number of aliphatic hydroxyl groups is 1. The number of carbonyl (C=O) groups is 1. The summed E-state index contributed by atoms with van der Waals surface area (Å²) in [5, 5.41) is 12.6. The van der Waals surface area contributed by atoms with E-state index in [1.807, 2.05) is 36.1 Å². The van der Waals surface area contributed by atoms with Gasteiger partial charge < -0.3 is 15.3 Å². The lowest BCUT2D eigenvalue weighted by atomic mass is 10.0. The molecular formula is C13H17ClN2O2. The molecule has 0 bridgehead atoms. The van der Waals surface area contributed by atoms with Crippen LogP contribution in [0.4, 0.5) is 5.69 Å². The number of nitrogens with zero attached hydrogens (tertiary/aromatic N) is 1. The van der Waals surface area contributed by atoms with Gasteiger partial charge in [-0.3, -0.25) is 4.79 Å². The Morgan fingerprint density at radius 3 is 2.89 bits per heavy atom. The lowest BCUT2D eigenvalue weighted by molar-refractivity contribution is -0.124. The Hall–Kier alpha value is -1.26. The van der Waals surface area contributed by atoms with Crippen molar-refractivity contribution in [3.05, 3.63) is 29.3 Å². The third kappa shape index (κ3) is 2.60. The largest absolute Gasteiger partial charge is 0.396 e. The number of carbonyl (C=O) groups excluding carboxylic acids is 1. The summed E-state index contributed by atoms with van der Waals surface area (Å²) in [6.45, 7) is 2.63. The van der Waals surface area contributed by atoms with Crippen LogP contribution in [-0.4, -0.2) is 36.2 Å². The van der Waals surface area contributed by atoms with Crippen LogP contribution in [-0.2, 0) is 4.79 Å². The van der Waals surface area contributed by atoms with Gasteiger partial charge in [0.05, 0.1) is 10.7 Å². The average molecular weight is 269 g/mol. The Bertz CT molecular complexity index is 439. The van der Waals surface area contributed by atoms with Gasteiger partial charge in [-0.05, 0) is 25.5 Å². The molecule has 1 amide bonds. The van der Waals surface area contributed by atoms with Gasteiger partial charge in [0.15, 0.2) is 0 Å². The summed E-state index contributed by atoms with van der Waals surface area (Å²) in [6, 6.07) is 7.19. The van der Waals surface area contributed by atoms with E-state index in [1.54, 1.807) is 0 Å². The predicted octanol–water partition coefficient (Wildman–Crippen LogP) is 1.42. The Morgan fingerprint density at radius 1 is 1.50 bits per heavy atom. The minimum atomic E-state index is -0.355. The fraction of sp³-hybridized carbons (Fsp3) is 0.462. The molecule has 1 aromatic carbocycles. The maximum Gasteiger partial charge on any atom is 0.243 e. The van der Waals surface area contributed by atoms with Gasteiger partial charge in [0.25, 0.3) is 0 Å². The second-order valence-electron chi connectivity index (χ2n) is 4.54. The summed E-state index contributed by atoms with van der Waals surface area (Å²) in [7, 11) is 0. The van der Waals surface area contributed by atoms with E-state index in [4.69, 9.17) is 16.7 Å². The minimum absolute atomic E-state index is 0.0204.